The van der Waals surface area contributed by atoms with Crippen molar-refractivity contribution < 1.29 is 13.5 Å². The summed E-state index contributed by atoms with van der Waals surface area (Å²) in [5, 5.41) is 0. The lowest BCUT2D eigenvalue weighted by molar-refractivity contribution is -0.00183. The molecule has 1 aliphatic heterocycles. The monoisotopic (exact) mass is 440 g/mol. The minimum Gasteiger partial charge on any atom is -0.378 e. The van der Waals surface area contributed by atoms with Crippen LogP contribution in [-0.4, -0.2) is 12.7 Å². The normalized spacial score (nSPS) is 26.2. The number of halogens is 2. The lowest BCUT2D eigenvalue weighted by Gasteiger charge is -2.31. The van der Waals surface area contributed by atoms with Crippen LogP contribution in [0.5, 0.6) is 0 Å². The van der Waals surface area contributed by atoms with E-state index in [1.807, 2.05) is 12.1 Å². The van der Waals surface area contributed by atoms with E-state index in [2.05, 4.69) is 38.1 Å². The Morgan fingerprint density at radius 1 is 0.719 bits per heavy atom. The van der Waals surface area contributed by atoms with Gasteiger partial charge < -0.3 is 4.74 Å². The Balaban J connectivity index is 1.38. The maximum Gasteiger partial charge on any atom is 0.162 e. The molecular formula is C29H38F2O. The lowest BCUT2D eigenvalue weighted by atomic mass is 9.75. The summed E-state index contributed by atoms with van der Waals surface area (Å²) in [6.45, 7) is 4.86. The van der Waals surface area contributed by atoms with Gasteiger partial charge in [0, 0.05) is 5.92 Å². The van der Waals surface area contributed by atoms with Gasteiger partial charge in [-0.15, -0.1) is 0 Å². The van der Waals surface area contributed by atoms with Crippen LogP contribution in [0, 0.1) is 11.6 Å². The van der Waals surface area contributed by atoms with E-state index in [0.717, 1.165) is 57.8 Å². The Labute approximate surface area is 192 Å². The summed E-state index contributed by atoms with van der Waals surface area (Å²) in [5.41, 5.74) is 3.86. The minimum atomic E-state index is -0.640. The molecule has 3 heteroatoms. The van der Waals surface area contributed by atoms with Gasteiger partial charge in [0.05, 0.1) is 12.7 Å². The molecule has 0 spiro atoms. The van der Waals surface area contributed by atoms with E-state index >= 15 is 8.78 Å². The van der Waals surface area contributed by atoms with Crippen LogP contribution < -0.4 is 0 Å². The topological polar surface area (TPSA) is 9.23 Å². The van der Waals surface area contributed by atoms with Crippen LogP contribution in [-0.2, 0) is 11.2 Å². The third-order valence-electron chi connectivity index (χ3n) is 7.72. The molecule has 2 atom stereocenters. The molecule has 0 radical (unpaired) electrons. The molecule has 2 aromatic carbocycles. The summed E-state index contributed by atoms with van der Waals surface area (Å²) < 4.78 is 36.1. The Hall–Kier alpha value is -1.74. The fourth-order valence-electron chi connectivity index (χ4n) is 5.79. The molecule has 2 aromatic rings. The highest BCUT2D eigenvalue weighted by Gasteiger charge is 2.30. The number of aryl methyl sites for hydroxylation is 1. The van der Waals surface area contributed by atoms with E-state index in [1.165, 1.54) is 17.5 Å². The zero-order chi connectivity index (χ0) is 22.5. The van der Waals surface area contributed by atoms with Gasteiger partial charge in [-0.25, -0.2) is 8.78 Å². The van der Waals surface area contributed by atoms with Crippen molar-refractivity contribution in [3.63, 3.8) is 0 Å². The Morgan fingerprint density at radius 3 is 1.88 bits per heavy atom. The number of hydrogen-bond donors (Lipinski definition) is 0. The van der Waals surface area contributed by atoms with Crippen molar-refractivity contribution in [3.05, 3.63) is 70.3 Å². The maximum atomic E-state index is 15.1. The van der Waals surface area contributed by atoms with Gasteiger partial charge in [-0.1, -0.05) is 63.1 Å². The summed E-state index contributed by atoms with van der Waals surface area (Å²) in [4.78, 5) is 0. The molecular weight excluding hydrogens is 402 g/mol. The van der Waals surface area contributed by atoms with Gasteiger partial charge >= 0.3 is 0 Å². The molecule has 1 heterocycles. The van der Waals surface area contributed by atoms with E-state index in [9.17, 15) is 0 Å². The predicted molar refractivity (Wildman–Crippen MR) is 127 cm³/mol. The molecule has 0 N–H and O–H groups in total. The maximum absolute atomic E-state index is 15.1. The van der Waals surface area contributed by atoms with Crippen molar-refractivity contribution in [2.45, 2.75) is 102 Å². The van der Waals surface area contributed by atoms with Crippen LogP contribution in [0.1, 0.15) is 112 Å². The van der Waals surface area contributed by atoms with Crippen molar-refractivity contribution in [1.82, 2.24) is 0 Å². The number of rotatable bonds is 7. The van der Waals surface area contributed by atoms with E-state index in [-0.39, 0.29) is 17.9 Å². The first-order valence-corrected chi connectivity index (χ1v) is 12.8. The van der Waals surface area contributed by atoms with Gasteiger partial charge in [0.1, 0.15) is 0 Å². The number of benzene rings is 2. The van der Waals surface area contributed by atoms with Crippen molar-refractivity contribution in [2.24, 2.45) is 0 Å². The molecule has 1 saturated carbocycles. The molecule has 2 aliphatic rings. The molecule has 174 valence electrons. The van der Waals surface area contributed by atoms with Gasteiger partial charge in [0.15, 0.2) is 11.6 Å². The van der Waals surface area contributed by atoms with E-state index < -0.39 is 11.6 Å². The van der Waals surface area contributed by atoms with Crippen LogP contribution in [0.25, 0.3) is 0 Å². The highest BCUT2D eigenvalue weighted by atomic mass is 19.2. The van der Waals surface area contributed by atoms with Crippen LogP contribution >= 0.6 is 0 Å². The standard InChI is InChI=1S/C29H38F2O/c1-3-5-20-7-9-21(10-8-20)22-11-13-23(14-12-22)26-17-18-27(29(31)28(26)30)24-15-16-25(6-4-2)32-19-24/h7-10,17-18,22-25H,3-6,11-16,19H2,1-2H3. The second-order valence-corrected chi connectivity index (χ2v) is 9.93. The van der Waals surface area contributed by atoms with Gasteiger partial charge in [0.25, 0.3) is 0 Å². The largest absolute Gasteiger partial charge is 0.378 e. The smallest absolute Gasteiger partial charge is 0.162 e. The van der Waals surface area contributed by atoms with Crippen molar-refractivity contribution in [3.8, 4) is 0 Å². The van der Waals surface area contributed by atoms with Crippen molar-refractivity contribution >= 4 is 0 Å². The van der Waals surface area contributed by atoms with E-state index in [0.29, 0.717) is 23.7 Å². The second kappa shape index (κ2) is 10.9. The fourth-order valence-corrected chi connectivity index (χ4v) is 5.79. The summed E-state index contributed by atoms with van der Waals surface area (Å²) in [6.07, 6.45) is 10.4. The van der Waals surface area contributed by atoms with E-state index in [1.54, 1.807) is 0 Å². The number of ether oxygens (including phenoxy) is 1. The molecule has 0 bridgehead atoms. The molecule has 2 fully saturated rings. The first-order chi connectivity index (χ1) is 15.6. The SMILES string of the molecule is CCCc1ccc(C2CCC(c3ccc(C4CCC(CCC)OC4)c(F)c3F)CC2)cc1. The third-order valence-corrected chi connectivity index (χ3v) is 7.72. The van der Waals surface area contributed by atoms with Crippen LogP contribution in [0.3, 0.4) is 0 Å². The van der Waals surface area contributed by atoms with Crippen molar-refractivity contribution in [1.29, 1.82) is 0 Å². The zero-order valence-corrected chi connectivity index (χ0v) is 19.7. The third kappa shape index (κ3) is 5.25. The molecule has 0 aromatic heterocycles. The highest BCUT2D eigenvalue weighted by Crippen LogP contribution is 2.42. The average molecular weight is 441 g/mol. The molecule has 2 unspecified atom stereocenters. The summed E-state index contributed by atoms with van der Waals surface area (Å²) in [7, 11) is 0. The Morgan fingerprint density at radius 2 is 1.31 bits per heavy atom. The Kier molecular flexibility index (Phi) is 7.99. The van der Waals surface area contributed by atoms with Gasteiger partial charge in [0.2, 0.25) is 0 Å². The van der Waals surface area contributed by atoms with Gasteiger partial charge in [-0.3, -0.25) is 0 Å². The first kappa shape index (κ1) is 23.4. The lowest BCUT2D eigenvalue weighted by Crippen LogP contribution is -2.25. The Bertz CT molecular complexity index is 859. The van der Waals surface area contributed by atoms with E-state index in [4.69, 9.17) is 4.74 Å². The first-order valence-electron chi connectivity index (χ1n) is 12.8. The predicted octanol–water partition coefficient (Wildman–Crippen LogP) is 8.42. The van der Waals surface area contributed by atoms with Crippen molar-refractivity contribution in [2.75, 3.05) is 6.61 Å². The summed E-state index contributed by atoms with van der Waals surface area (Å²) in [6, 6.07) is 12.7. The second-order valence-electron chi connectivity index (χ2n) is 9.93. The van der Waals surface area contributed by atoms with Gasteiger partial charge in [-0.05, 0) is 85.5 Å². The molecule has 1 saturated heterocycles. The molecule has 0 amide bonds. The molecule has 1 nitrogen and oxygen atoms in total. The van der Waals surface area contributed by atoms with Crippen LogP contribution in [0.4, 0.5) is 8.78 Å². The van der Waals surface area contributed by atoms with Crippen LogP contribution in [0.2, 0.25) is 0 Å². The molecule has 1 aliphatic carbocycles. The average Bonchev–Trinajstić information content (AvgIpc) is 2.83. The summed E-state index contributed by atoms with van der Waals surface area (Å²) >= 11 is 0. The van der Waals surface area contributed by atoms with Gasteiger partial charge in [-0.2, -0.15) is 0 Å². The molecule has 4 rings (SSSR count). The quantitative estimate of drug-likeness (QED) is 0.420. The van der Waals surface area contributed by atoms with Crippen LogP contribution in [0.15, 0.2) is 36.4 Å². The number of hydrogen-bond acceptors (Lipinski definition) is 1. The highest BCUT2D eigenvalue weighted by molar-refractivity contribution is 5.33. The summed E-state index contributed by atoms with van der Waals surface area (Å²) in [5.74, 6) is -0.641. The zero-order valence-electron chi connectivity index (χ0n) is 19.7. The molecule has 32 heavy (non-hydrogen) atoms. The fraction of sp³-hybridized carbons (Fsp3) is 0.586. The minimum absolute atomic E-state index is 0.0296.